The van der Waals surface area contributed by atoms with E-state index in [0.717, 1.165) is 5.57 Å². The molecule has 0 aromatic heterocycles. The van der Waals surface area contributed by atoms with E-state index in [0.29, 0.717) is 50.5 Å². The number of hydrogen-bond donors (Lipinski definition) is 12. The van der Waals surface area contributed by atoms with Crippen LogP contribution in [-0.2, 0) is 52.3 Å². The average Bonchev–Trinajstić information content (AvgIpc) is 3.81. The number of ether oxygens (including phenoxy) is 8. The minimum Gasteiger partial charge on any atom is -0.479 e. The standard InChI is InChI=1S/C57H90O23/c1-12-24(3)47(71)79-44-45(80-48(72)25(4)13-2)57(23-60)27(20-52(44,5)6)26-14-15-31-54(9)18-17-32(53(7,8)30(54)16-19-55(31,10)56(26,11)42(67)43(57)68)75-51-41(78-50-37(65)35(63)33(61)28(21-58)73-50)39(38(66)40(77-51)46(69)70)76-49-36(64)34(62)29(22-59)74-49/h12,14,25,27-45,49-51,58-68H,13,15-23H2,1-11H3,(H,69,70)/b24-12-/t25-,27+,28-,29+,30+,31-,32+,33+,34+,35+,36-,37-,38+,39+,40+,41-,42+,43-,44+,45+,49+,50+,51-,54+,55-,56+,57+/m1/s1. The molecule has 3 aliphatic heterocycles. The van der Waals surface area contributed by atoms with Gasteiger partial charge >= 0.3 is 17.9 Å². The Hall–Kier alpha value is -2.79. The molecular weight excluding hydrogens is 1050 g/mol. The number of fused-ring (bicyclic) bond motifs is 7. The van der Waals surface area contributed by atoms with E-state index in [1.54, 1.807) is 26.8 Å². The summed E-state index contributed by atoms with van der Waals surface area (Å²) < 4.78 is 49.1. The van der Waals surface area contributed by atoms with Crippen LogP contribution in [0.4, 0.5) is 0 Å². The van der Waals surface area contributed by atoms with Crippen molar-refractivity contribution in [3.8, 4) is 0 Å². The zero-order chi connectivity index (χ0) is 59.3. The number of aliphatic carboxylic acids is 1. The first-order valence-corrected chi connectivity index (χ1v) is 28.5. The maximum Gasteiger partial charge on any atom is 0.335 e. The summed E-state index contributed by atoms with van der Waals surface area (Å²) in [6, 6.07) is 0. The Morgan fingerprint density at radius 2 is 1.30 bits per heavy atom. The van der Waals surface area contributed by atoms with Crippen molar-refractivity contribution in [2.75, 3.05) is 19.8 Å². The number of rotatable bonds is 15. The van der Waals surface area contributed by atoms with Crippen LogP contribution < -0.4 is 0 Å². The number of carboxylic acids is 1. The fraction of sp³-hybridized carbons (Fsp3) is 0.877. The van der Waals surface area contributed by atoms with Gasteiger partial charge in [0.15, 0.2) is 31.1 Å². The van der Waals surface area contributed by atoms with Gasteiger partial charge in [0, 0.05) is 16.4 Å². The van der Waals surface area contributed by atoms with Gasteiger partial charge in [0.1, 0.15) is 67.1 Å². The van der Waals surface area contributed by atoms with Crippen LogP contribution in [0.3, 0.4) is 0 Å². The lowest BCUT2D eigenvalue weighted by atomic mass is 9.32. The highest BCUT2D eigenvalue weighted by Crippen LogP contribution is 2.76. The van der Waals surface area contributed by atoms with Gasteiger partial charge in [-0.3, -0.25) is 4.79 Å². The highest BCUT2D eigenvalue weighted by Gasteiger charge is 2.76. The topological polar surface area (TPSA) is 368 Å². The molecule has 0 unspecified atom stereocenters. The van der Waals surface area contributed by atoms with Crippen LogP contribution in [-0.4, -0.2) is 216 Å². The summed E-state index contributed by atoms with van der Waals surface area (Å²) >= 11 is 0. The van der Waals surface area contributed by atoms with Gasteiger partial charge in [-0.15, -0.1) is 0 Å². The molecule has 80 heavy (non-hydrogen) atoms. The largest absolute Gasteiger partial charge is 0.479 e. The molecule has 0 spiro atoms. The second-order valence-electron chi connectivity index (χ2n) is 26.4. The number of allylic oxidation sites excluding steroid dienone is 2. The second kappa shape index (κ2) is 22.9. The zero-order valence-electron chi connectivity index (χ0n) is 47.9. The SMILES string of the molecule is C/C=C(/C)C(=O)O[C@H]1[C@H](OC(=O)[C@H](C)CC)[C@]2(CO)[C@H](O)[C@H](O)[C@]3(C)C(=CC[C@@H]4[C@@]5(C)CC[C@H](O[C@@H]6O[C@H](C(=O)O)[C@@H](O)[C@H](O[C@@H]7O[C@@H](CO)[C@H](O)[C@H]7O)[C@H]6O[C@@H]6O[C@H](CO)[C@H](O)[C@H](O)[C@H]6O)C(C)(C)[C@@H]5CC[C@]43C)[C@@H]2CC1(C)C. The van der Waals surface area contributed by atoms with E-state index in [1.807, 2.05) is 41.5 Å². The van der Waals surface area contributed by atoms with E-state index in [4.69, 9.17) is 37.9 Å². The molecule has 27 atom stereocenters. The van der Waals surface area contributed by atoms with Gasteiger partial charge in [0.05, 0.1) is 49.5 Å². The number of carbonyl (C=O) groups is 3. The number of hydrogen-bond acceptors (Lipinski definition) is 22. The number of aliphatic hydroxyl groups is 11. The Balaban J connectivity index is 1.14. The van der Waals surface area contributed by atoms with Crippen LogP contribution in [0, 0.1) is 56.2 Å². The number of carbonyl (C=O) groups excluding carboxylic acids is 2. The molecule has 4 saturated carbocycles. The van der Waals surface area contributed by atoms with E-state index >= 15 is 0 Å². The first-order chi connectivity index (χ1) is 37.3. The average molecular weight is 1140 g/mol. The van der Waals surface area contributed by atoms with Crippen LogP contribution in [0.5, 0.6) is 0 Å². The van der Waals surface area contributed by atoms with Crippen LogP contribution in [0.25, 0.3) is 0 Å². The number of aliphatic hydroxyl groups excluding tert-OH is 11. The van der Waals surface area contributed by atoms with Gasteiger partial charge in [-0.1, -0.05) is 80.0 Å². The van der Waals surface area contributed by atoms with Gasteiger partial charge in [-0.2, -0.15) is 0 Å². The minimum atomic E-state index is -2.12. The summed E-state index contributed by atoms with van der Waals surface area (Å²) in [4.78, 5) is 40.4. The van der Waals surface area contributed by atoms with Crippen molar-refractivity contribution in [2.45, 2.75) is 238 Å². The van der Waals surface area contributed by atoms with Crippen molar-refractivity contribution in [3.63, 3.8) is 0 Å². The first-order valence-electron chi connectivity index (χ1n) is 28.5. The Labute approximate surface area is 467 Å². The summed E-state index contributed by atoms with van der Waals surface area (Å²) in [6.07, 6.45) is -24.9. The number of esters is 2. The Morgan fingerprint density at radius 1 is 0.713 bits per heavy atom. The van der Waals surface area contributed by atoms with Crippen molar-refractivity contribution >= 4 is 17.9 Å². The van der Waals surface area contributed by atoms with Gasteiger partial charge in [0.2, 0.25) is 0 Å². The molecule has 0 radical (unpaired) electrons. The third-order valence-electron chi connectivity index (χ3n) is 21.6. The molecule has 23 heteroatoms. The lowest BCUT2D eigenvalue weighted by Crippen LogP contribution is -2.76. The Morgan fingerprint density at radius 3 is 1.86 bits per heavy atom. The van der Waals surface area contributed by atoms with Crippen LogP contribution in [0.15, 0.2) is 23.3 Å². The Kier molecular flexibility index (Phi) is 18.1. The van der Waals surface area contributed by atoms with Gasteiger partial charge in [-0.05, 0) is 92.8 Å². The number of carboxylic acid groups (broad SMARTS) is 1. The highest BCUT2D eigenvalue weighted by molar-refractivity contribution is 5.87. The molecule has 3 saturated heterocycles. The molecule has 7 fully saturated rings. The molecule has 23 nitrogen and oxygen atoms in total. The summed E-state index contributed by atoms with van der Waals surface area (Å²) in [6.45, 7) is 18.8. The van der Waals surface area contributed by atoms with Gasteiger partial charge in [0.25, 0.3) is 0 Å². The second-order valence-corrected chi connectivity index (χ2v) is 26.4. The molecule has 5 aliphatic carbocycles. The minimum absolute atomic E-state index is 0.146. The molecule has 0 amide bonds. The van der Waals surface area contributed by atoms with E-state index in [1.165, 1.54) is 0 Å². The van der Waals surface area contributed by atoms with E-state index < -0.39 is 199 Å². The molecule has 0 aromatic carbocycles. The maximum absolute atomic E-state index is 13.9. The van der Waals surface area contributed by atoms with Gasteiger partial charge < -0.3 is 99.2 Å². The highest BCUT2D eigenvalue weighted by atomic mass is 16.8. The molecule has 12 N–H and O–H groups in total. The fourth-order valence-corrected chi connectivity index (χ4v) is 16.3. The maximum atomic E-state index is 13.9. The molecule has 8 rings (SSSR count). The summed E-state index contributed by atoms with van der Waals surface area (Å²) in [5, 5.41) is 134. The molecular formula is C57H90O23. The van der Waals surface area contributed by atoms with E-state index in [-0.39, 0.29) is 11.8 Å². The fourth-order valence-electron chi connectivity index (χ4n) is 16.3. The molecule has 8 aliphatic rings. The lowest BCUT2D eigenvalue weighted by Gasteiger charge is -2.73. The smallest absolute Gasteiger partial charge is 0.335 e. The predicted molar refractivity (Wildman–Crippen MR) is 277 cm³/mol. The van der Waals surface area contributed by atoms with Crippen molar-refractivity contribution in [1.82, 2.24) is 0 Å². The molecule has 0 bridgehead atoms. The van der Waals surface area contributed by atoms with Gasteiger partial charge in [-0.25, -0.2) is 9.59 Å². The van der Waals surface area contributed by atoms with Crippen LogP contribution in [0.1, 0.15) is 121 Å². The molecule has 3 heterocycles. The summed E-state index contributed by atoms with van der Waals surface area (Å²) in [5.41, 5.74) is -4.56. The Bertz CT molecular complexity index is 2330. The van der Waals surface area contributed by atoms with Crippen LogP contribution in [0.2, 0.25) is 0 Å². The van der Waals surface area contributed by atoms with Crippen molar-refractivity contribution < 1.29 is 114 Å². The quantitative estimate of drug-likeness (QED) is 0.0455. The molecule has 456 valence electrons. The van der Waals surface area contributed by atoms with E-state index in [2.05, 4.69) is 19.9 Å². The third kappa shape index (κ3) is 9.84. The predicted octanol–water partition coefficient (Wildman–Crippen LogP) is 0.343. The summed E-state index contributed by atoms with van der Waals surface area (Å²) in [5.74, 6) is -4.40. The normalized spacial score (nSPS) is 49.2. The lowest BCUT2D eigenvalue weighted by molar-refractivity contribution is -0.386. The first kappa shape index (κ1) is 63.2. The van der Waals surface area contributed by atoms with Crippen LogP contribution >= 0.6 is 0 Å². The third-order valence-corrected chi connectivity index (χ3v) is 21.6. The molecule has 0 aromatic rings. The van der Waals surface area contributed by atoms with Crippen molar-refractivity contribution in [1.29, 1.82) is 0 Å². The summed E-state index contributed by atoms with van der Waals surface area (Å²) in [7, 11) is 0. The zero-order valence-corrected chi connectivity index (χ0v) is 47.9. The van der Waals surface area contributed by atoms with E-state index in [9.17, 15) is 75.7 Å². The van der Waals surface area contributed by atoms with Crippen molar-refractivity contribution in [3.05, 3.63) is 23.3 Å². The monoisotopic (exact) mass is 1140 g/mol. The van der Waals surface area contributed by atoms with Crippen molar-refractivity contribution in [2.24, 2.45) is 56.2 Å².